The molecule has 13 heteroatoms. The summed E-state index contributed by atoms with van der Waals surface area (Å²) < 4.78 is 7.76. The lowest BCUT2D eigenvalue weighted by molar-refractivity contribution is -0.186. The summed E-state index contributed by atoms with van der Waals surface area (Å²) in [7, 11) is 1.33. The van der Waals surface area contributed by atoms with E-state index in [0.717, 1.165) is 44.2 Å². The molecule has 5 aromatic rings. The van der Waals surface area contributed by atoms with Crippen molar-refractivity contribution in [3.63, 3.8) is 0 Å². The van der Waals surface area contributed by atoms with Gasteiger partial charge in [0.2, 0.25) is 0 Å². The topological polar surface area (TPSA) is 165 Å². The molecule has 1 saturated heterocycles. The molecule has 49 heavy (non-hydrogen) atoms. The number of hydrogen-bond acceptors (Lipinski definition) is 7. The summed E-state index contributed by atoms with van der Waals surface area (Å²) in [6.07, 6.45) is 4.25. The Morgan fingerprint density at radius 2 is 1.61 bits per heavy atom. The molecule has 0 spiro atoms. The van der Waals surface area contributed by atoms with Gasteiger partial charge in [-0.1, -0.05) is 57.2 Å². The molecule has 1 atom stereocenters. The van der Waals surface area contributed by atoms with Crippen molar-refractivity contribution in [2.24, 2.45) is 0 Å². The Hall–Kier alpha value is -5.79. The monoisotopic (exact) mass is 664 g/mol. The van der Waals surface area contributed by atoms with Crippen molar-refractivity contribution in [2.75, 3.05) is 24.3 Å². The standard InChI is InChI=1S/C36H37N7O6/c1-35(2,3)30-21-31(43(40-30)25-11-9-24(10-12-25)22-42-33(45)36(47,48)32(44)41(42)4)39-34(46)38-28-13-14-29(27-8-6-5-7-26(27)28)49-20-17-23-15-18-37-19-16-23/h5-16,18-19,21,47-48H,17,20,22H2,1-4H3,(H2,38,39,46)/p+1. The Labute approximate surface area is 282 Å². The third-order valence-corrected chi connectivity index (χ3v) is 8.27. The zero-order valence-corrected chi connectivity index (χ0v) is 27.6. The van der Waals surface area contributed by atoms with E-state index in [9.17, 15) is 19.5 Å². The lowest BCUT2D eigenvalue weighted by Gasteiger charge is -2.22. The number of amides is 4. The van der Waals surface area contributed by atoms with E-state index < -0.39 is 23.6 Å². The number of ether oxygens (including phenoxy) is 1. The summed E-state index contributed by atoms with van der Waals surface area (Å²) >= 11 is 0. The molecule has 0 aliphatic carbocycles. The van der Waals surface area contributed by atoms with Gasteiger partial charge >= 0.3 is 23.6 Å². The molecule has 5 N–H and O–H groups in total. The molecule has 6 rings (SSSR count). The van der Waals surface area contributed by atoms with Crippen molar-refractivity contribution >= 4 is 40.1 Å². The first kappa shape index (κ1) is 33.1. The highest BCUT2D eigenvalue weighted by molar-refractivity contribution is 6.10. The van der Waals surface area contributed by atoms with Gasteiger partial charge < -0.3 is 20.3 Å². The summed E-state index contributed by atoms with van der Waals surface area (Å²) in [6.45, 7) is 6.54. The van der Waals surface area contributed by atoms with E-state index in [0.29, 0.717) is 29.4 Å². The Balaban J connectivity index is 1.19. The van der Waals surface area contributed by atoms with Gasteiger partial charge in [0.05, 0.1) is 30.2 Å². The van der Waals surface area contributed by atoms with Gasteiger partial charge in [-0.15, -0.1) is 0 Å². The number of aliphatic hydroxyl groups is 1. The van der Waals surface area contributed by atoms with Gasteiger partial charge in [-0.25, -0.2) is 19.5 Å². The molecule has 4 amide bonds. The van der Waals surface area contributed by atoms with Crippen molar-refractivity contribution in [3.05, 3.63) is 108 Å². The quantitative estimate of drug-likeness (QED) is 0.121. The second-order valence-electron chi connectivity index (χ2n) is 12.8. The lowest BCUT2D eigenvalue weighted by Crippen LogP contribution is -2.43. The minimum absolute atomic E-state index is 0.0229. The number of urea groups is 1. The zero-order chi connectivity index (χ0) is 34.9. The van der Waals surface area contributed by atoms with E-state index >= 15 is 0 Å². The van der Waals surface area contributed by atoms with E-state index in [4.69, 9.17) is 14.9 Å². The molecule has 2 aromatic heterocycles. The molecular formula is C36H38N7O6+. The van der Waals surface area contributed by atoms with Gasteiger partial charge in [0, 0.05) is 48.1 Å². The number of likely N-dealkylation sites (N-methyl/N-ethyl adjacent to an activating group) is 1. The van der Waals surface area contributed by atoms with Gasteiger partial charge in [-0.2, -0.15) is 5.10 Å². The van der Waals surface area contributed by atoms with Crippen LogP contribution < -0.4 is 15.4 Å². The van der Waals surface area contributed by atoms with E-state index in [1.807, 2.05) is 75.4 Å². The Bertz CT molecular complexity index is 2020. The van der Waals surface area contributed by atoms with Gasteiger partial charge in [-0.3, -0.25) is 19.9 Å². The second-order valence-corrected chi connectivity index (χ2v) is 12.8. The summed E-state index contributed by atoms with van der Waals surface area (Å²) in [6, 6.07) is 23.7. The minimum Gasteiger partial charge on any atom is -0.493 e. The van der Waals surface area contributed by atoms with Crippen LogP contribution in [0.25, 0.3) is 16.5 Å². The molecule has 252 valence electrons. The van der Waals surface area contributed by atoms with Crippen molar-refractivity contribution in [3.8, 4) is 11.4 Å². The average Bonchev–Trinajstić information content (AvgIpc) is 3.57. The predicted octanol–water partition coefficient (Wildman–Crippen LogP) is 4.11. The molecule has 1 aliphatic rings. The highest BCUT2D eigenvalue weighted by atomic mass is 16.5. The van der Waals surface area contributed by atoms with Crippen molar-refractivity contribution in [1.82, 2.24) is 24.8 Å². The van der Waals surface area contributed by atoms with Gasteiger partial charge in [-0.05, 0) is 47.5 Å². The van der Waals surface area contributed by atoms with Crippen molar-refractivity contribution in [2.45, 2.75) is 44.9 Å². The van der Waals surface area contributed by atoms with Gasteiger partial charge in [0.25, 0.3) is 0 Å². The van der Waals surface area contributed by atoms with Crippen molar-refractivity contribution < 1.29 is 29.3 Å². The van der Waals surface area contributed by atoms with Gasteiger partial charge in [0.1, 0.15) is 11.6 Å². The largest absolute Gasteiger partial charge is 0.493 e. The number of aromatic nitrogens is 3. The number of carbonyl (C=O) groups is 3. The third kappa shape index (κ3) is 6.80. The molecule has 3 heterocycles. The van der Waals surface area contributed by atoms with Crippen LogP contribution in [0, 0.1) is 0 Å². The number of pyridine rings is 1. The van der Waals surface area contributed by atoms with Crippen LogP contribution in [0.1, 0.15) is 37.6 Å². The number of nitrogens with one attached hydrogen (secondary N) is 2. The number of carbonyl (C=O) groups excluding carboxylic acids is 3. The number of rotatable bonds is 9. The third-order valence-electron chi connectivity index (χ3n) is 8.27. The average molecular weight is 665 g/mol. The van der Waals surface area contributed by atoms with E-state index in [-0.39, 0.29) is 12.0 Å². The molecule has 1 aliphatic heterocycles. The number of benzene rings is 3. The molecular weight excluding hydrogens is 626 g/mol. The van der Waals surface area contributed by atoms with Crippen LogP contribution in [0.4, 0.5) is 16.3 Å². The highest BCUT2D eigenvalue weighted by Crippen LogP contribution is 2.33. The number of hydrazine groups is 1. The Kier molecular flexibility index (Phi) is 8.80. The molecule has 1 fully saturated rings. The fourth-order valence-corrected chi connectivity index (χ4v) is 5.49. The van der Waals surface area contributed by atoms with Gasteiger partial charge in [0.15, 0.2) is 0 Å². The SMILES string of the molecule is CN1C(=O)C(O)([OH2+])C(=O)N1Cc1ccc(-n2nc(C(C)(C)C)cc2NC(=O)Nc2ccc(OCCc3ccncc3)c3ccccc23)cc1. The lowest BCUT2D eigenvalue weighted by atomic mass is 9.92. The van der Waals surface area contributed by atoms with E-state index in [1.54, 1.807) is 41.3 Å². The predicted molar refractivity (Wildman–Crippen MR) is 184 cm³/mol. The van der Waals surface area contributed by atoms with Crippen LogP contribution in [-0.4, -0.2) is 72.3 Å². The number of fused-ring (bicyclic) bond motifs is 1. The molecule has 3 aromatic carbocycles. The van der Waals surface area contributed by atoms with Crippen LogP contribution in [0.3, 0.4) is 0 Å². The Morgan fingerprint density at radius 3 is 2.27 bits per heavy atom. The summed E-state index contributed by atoms with van der Waals surface area (Å²) in [5.74, 6) is -3.70. The normalized spacial score (nSPS) is 16.4. The van der Waals surface area contributed by atoms with Crippen molar-refractivity contribution in [1.29, 1.82) is 0 Å². The first-order valence-electron chi connectivity index (χ1n) is 15.7. The summed E-state index contributed by atoms with van der Waals surface area (Å²) in [5.41, 5.74) is 3.47. The second kappa shape index (κ2) is 13.0. The molecule has 13 nitrogen and oxygen atoms in total. The smallest absolute Gasteiger partial charge is 0.438 e. The number of nitrogens with zero attached hydrogens (tertiary/aromatic N) is 5. The van der Waals surface area contributed by atoms with E-state index in [1.165, 1.54) is 7.05 Å². The highest BCUT2D eigenvalue weighted by Gasteiger charge is 2.61. The van der Waals surface area contributed by atoms with Crippen LogP contribution in [-0.2, 0) is 28.0 Å². The minimum atomic E-state index is -2.84. The maximum absolute atomic E-state index is 13.5. The maximum atomic E-state index is 13.5. The van der Waals surface area contributed by atoms with Crippen LogP contribution in [0.2, 0.25) is 0 Å². The molecule has 1 unspecified atom stereocenters. The molecule has 0 saturated carbocycles. The fourth-order valence-electron chi connectivity index (χ4n) is 5.49. The summed E-state index contributed by atoms with van der Waals surface area (Å²) in [5, 5.41) is 32.0. The first-order chi connectivity index (χ1) is 23.3. The Morgan fingerprint density at radius 1 is 0.918 bits per heavy atom. The number of anilines is 2. The summed E-state index contributed by atoms with van der Waals surface area (Å²) in [4.78, 5) is 42.1. The number of hydrogen-bond donors (Lipinski definition) is 3. The first-order valence-corrected chi connectivity index (χ1v) is 15.7. The van der Waals surface area contributed by atoms with Crippen LogP contribution in [0.15, 0.2) is 91.3 Å². The van der Waals surface area contributed by atoms with Crippen LogP contribution >= 0.6 is 0 Å². The maximum Gasteiger partial charge on any atom is 0.438 e. The van der Waals surface area contributed by atoms with Crippen LogP contribution in [0.5, 0.6) is 5.75 Å². The zero-order valence-electron chi connectivity index (χ0n) is 27.6. The molecule has 0 bridgehead atoms. The van der Waals surface area contributed by atoms with E-state index in [2.05, 4.69) is 15.6 Å². The molecule has 0 radical (unpaired) electrons. The fraction of sp³-hybridized carbons (Fsp3) is 0.250.